The third kappa shape index (κ3) is 4.15. The highest BCUT2D eigenvalue weighted by Gasteiger charge is 2.13. The van der Waals surface area contributed by atoms with Gasteiger partial charge < -0.3 is 18.6 Å². The highest BCUT2D eigenvalue weighted by molar-refractivity contribution is 6.33. The van der Waals surface area contributed by atoms with E-state index < -0.39 is 5.97 Å². The number of halogens is 1. The van der Waals surface area contributed by atoms with Gasteiger partial charge in [0.25, 0.3) is 5.89 Å². The van der Waals surface area contributed by atoms with Crippen LogP contribution in [0.1, 0.15) is 11.5 Å². The molecule has 0 spiro atoms. The number of aromatic nitrogens is 2. The van der Waals surface area contributed by atoms with Crippen LogP contribution in [0.5, 0.6) is 11.5 Å². The van der Waals surface area contributed by atoms with Crippen molar-refractivity contribution >= 4 is 23.6 Å². The van der Waals surface area contributed by atoms with Crippen molar-refractivity contribution in [3.8, 4) is 23.0 Å². The summed E-state index contributed by atoms with van der Waals surface area (Å²) in [5, 5.41) is 8.29. The number of esters is 1. The molecule has 7 nitrogen and oxygen atoms in total. The van der Waals surface area contributed by atoms with Gasteiger partial charge in [0.1, 0.15) is 13.2 Å². The maximum atomic E-state index is 11.9. The van der Waals surface area contributed by atoms with Crippen molar-refractivity contribution in [2.75, 3.05) is 13.2 Å². The fourth-order valence-electron chi connectivity index (χ4n) is 2.56. The van der Waals surface area contributed by atoms with Crippen LogP contribution in [0.4, 0.5) is 0 Å². The first kappa shape index (κ1) is 18.1. The summed E-state index contributed by atoms with van der Waals surface area (Å²) in [7, 11) is 0. The highest BCUT2D eigenvalue weighted by atomic mass is 35.5. The molecule has 0 saturated carbocycles. The SMILES string of the molecule is O=C(/C=C/c1ccc2c(c1)OCCO2)OCc1nnc(-c2ccccc2Cl)o1. The van der Waals surface area contributed by atoms with E-state index in [1.54, 1.807) is 36.4 Å². The van der Waals surface area contributed by atoms with E-state index in [4.69, 9.17) is 30.2 Å². The van der Waals surface area contributed by atoms with Crippen LogP contribution in [0.25, 0.3) is 17.5 Å². The van der Waals surface area contributed by atoms with Crippen molar-refractivity contribution < 1.29 is 23.4 Å². The average Bonchev–Trinajstić information content (AvgIpc) is 3.19. The predicted octanol–water partition coefficient (Wildman–Crippen LogP) is 3.92. The third-order valence-electron chi connectivity index (χ3n) is 3.89. The Balaban J connectivity index is 1.35. The number of hydrogen-bond donors (Lipinski definition) is 0. The van der Waals surface area contributed by atoms with Gasteiger partial charge >= 0.3 is 5.97 Å². The molecule has 0 unspecified atom stereocenters. The Morgan fingerprint density at radius 3 is 2.79 bits per heavy atom. The molecule has 0 fully saturated rings. The standard InChI is InChI=1S/C20H15ClN2O5/c21-15-4-2-1-3-14(15)20-23-22-18(28-20)12-27-19(24)8-6-13-5-7-16-17(11-13)26-10-9-25-16/h1-8,11H,9-10,12H2/b8-6+. The number of benzene rings is 2. The number of carbonyl (C=O) groups is 1. The zero-order valence-corrected chi connectivity index (χ0v) is 15.4. The Kier molecular flexibility index (Phi) is 5.25. The Hall–Kier alpha value is -3.32. The molecule has 8 heteroatoms. The van der Waals surface area contributed by atoms with Gasteiger partial charge in [-0.05, 0) is 35.9 Å². The fraction of sp³-hybridized carbons (Fsp3) is 0.150. The molecule has 1 aromatic heterocycles. The summed E-state index contributed by atoms with van der Waals surface area (Å²) >= 11 is 6.10. The summed E-state index contributed by atoms with van der Waals surface area (Å²) in [4.78, 5) is 11.9. The maximum Gasteiger partial charge on any atom is 0.331 e. The molecule has 1 aliphatic heterocycles. The van der Waals surface area contributed by atoms with Crippen molar-refractivity contribution in [3.05, 3.63) is 65.0 Å². The van der Waals surface area contributed by atoms with E-state index in [1.165, 1.54) is 6.08 Å². The molecule has 0 bridgehead atoms. The van der Waals surface area contributed by atoms with Crippen LogP contribution in [0.3, 0.4) is 0 Å². The number of hydrogen-bond acceptors (Lipinski definition) is 7. The fourth-order valence-corrected chi connectivity index (χ4v) is 2.78. The Morgan fingerprint density at radius 1 is 1.11 bits per heavy atom. The lowest BCUT2D eigenvalue weighted by atomic mass is 10.2. The van der Waals surface area contributed by atoms with Gasteiger partial charge in [-0.1, -0.05) is 29.8 Å². The zero-order chi connectivity index (χ0) is 19.3. The molecule has 0 N–H and O–H groups in total. The zero-order valence-electron chi connectivity index (χ0n) is 14.6. The minimum atomic E-state index is -0.535. The molecule has 4 rings (SSSR count). The van der Waals surface area contributed by atoms with Gasteiger partial charge in [0.15, 0.2) is 18.1 Å². The van der Waals surface area contributed by atoms with Crippen LogP contribution in [-0.2, 0) is 16.1 Å². The molecule has 0 saturated heterocycles. The summed E-state index contributed by atoms with van der Waals surface area (Å²) in [6.07, 6.45) is 2.94. The molecule has 0 aliphatic carbocycles. The summed E-state index contributed by atoms with van der Waals surface area (Å²) in [6, 6.07) is 12.5. The second-order valence-corrected chi connectivity index (χ2v) is 6.23. The van der Waals surface area contributed by atoms with Gasteiger partial charge in [0.2, 0.25) is 5.89 Å². The molecule has 0 amide bonds. The van der Waals surface area contributed by atoms with Gasteiger partial charge in [-0.25, -0.2) is 4.79 Å². The van der Waals surface area contributed by atoms with Crippen molar-refractivity contribution in [2.45, 2.75) is 6.61 Å². The molecule has 142 valence electrons. The molecule has 28 heavy (non-hydrogen) atoms. The monoisotopic (exact) mass is 398 g/mol. The molecule has 0 radical (unpaired) electrons. The van der Waals surface area contributed by atoms with Crippen LogP contribution in [0, 0.1) is 0 Å². The van der Waals surface area contributed by atoms with Crippen molar-refractivity contribution in [2.24, 2.45) is 0 Å². The molecule has 2 heterocycles. The van der Waals surface area contributed by atoms with E-state index in [2.05, 4.69) is 10.2 Å². The van der Waals surface area contributed by atoms with E-state index in [-0.39, 0.29) is 18.4 Å². The van der Waals surface area contributed by atoms with Crippen LogP contribution in [0.15, 0.2) is 53.0 Å². The molecular weight excluding hydrogens is 384 g/mol. The highest BCUT2D eigenvalue weighted by Crippen LogP contribution is 2.31. The van der Waals surface area contributed by atoms with E-state index in [1.807, 2.05) is 12.1 Å². The second-order valence-electron chi connectivity index (χ2n) is 5.82. The van der Waals surface area contributed by atoms with E-state index in [0.29, 0.717) is 35.3 Å². The summed E-state index contributed by atoms with van der Waals surface area (Å²) < 4.78 is 21.6. The second kappa shape index (κ2) is 8.14. The van der Waals surface area contributed by atoms with Gasteiger partial charge in [-0.15, -0.1) is 10.2 Å². The van der Waals surface area contributed by atoms with Gasteiger partial charge in [-0.3, -0.25) is 0 Å². The van der Waals surface area contributed by atoms with Crippen molar-refractivity contribution in [1.29, 1.82) is 0 Å². The summed E-state index contributed by atoms with van der Waals surface area (Å²) in [5.74, 6) is 1.25. The van der Waals surface area contributed by atoms with Crippen LogP contribution in [-0.4, -0.2) is 29.4 Å². The molecule has 0 atom stereocenters. The molecular formula is C20H15ClN2O5. The van der Waals surface area contributed by atoms with Gasteiger partial charge in [-0.2, -0.15) is 0 Å². The van der Waals surface area contributed by atoms with E-state index in [0.717, 1.165) is 5.56 Å². The Labute approximate surface area is 165 Å². The first-order valence-electron chi connectivity index (χ1n) is 8.51. The Bertz CT molecular complexity index is 1030. The van der Waals surface area contributed by atoms with Crippen LogP contribution in [0.2, 0.25) is 5.02 Å². The van der Waals surface area contributed by atoms with Crippen LogP contribution < -0.4 is 9.47 Å². The number of ether oxygens (including phenoxy) is 3. The first-order valence-corrected chi connectivity index (χ1v) is 8.88. The largest absolute Gasteiger partial charge is 0.486 e. The third-order valence-corrected chi connectivity index (χ3v) is 4.22. The van der Waals surface area contributed by atoms with Crippen molar-refractivity contribution in [1.82, 2.24) is 10.2 Å². The summed E-state index contributed by atoms with van der Waals surface area (Å²) in [5.41, 5.74) is 1.41. The number of fused-ring (bicyclic) bond motifs is 1. The van der Waals surface area contributed by atoms with Crippen molar-refractivity contribution in [3.63, 3.8) is 0 Å². The number of rotatable bonds is 5. The van der Waals surface area contributed by atoms with Gasteiger partial charge in [0.05, 0.1) is 10.6 Å². The number of nitrogens with zero attached hydrogens (tertiary/aromatic N) is 2. The lowest BCUT2D eigenvalue weighted by molar-refractivity contribution is -0.139. The number of carbonyl (C=O) groups excluding carboxylic acids is 1. The topological polar surface area (TPSA) is 83.7 Å². The lowest BCUT2D eigenvalue weighted by Crippen LogP contribution is -2.15. The molecule has 3 aromatic rings. The van der Waals surface area contributed by atoms with Crippen LogP contribution >= 0.6 is 11.6 Å². The maximum absolute atomic E-state index is 11.9. The minimum absolute atomic E-state index is 0.137. The van der Waals surface area contributed by atoms with Gasteiger partial charge in [0, 0.05) is 6.08 Å². The average molecular weight is 399 g/mol. The smallest absolute Gasteiger partial charge is 0.331 e. The normalized spacial score (nSPS) is 12.9. The minimum Gasteiger partial charge on any atom is -0.486 e. The molecule has 1 aliphatic rings. The predicted molar refractivity (Wildman–Crippen MR) is 101 cm³/mol. The van der Waals surface area contributed by atoms with E-state index >= 15 is 0 Å². The lowest BCUT2D eigenvalue weighted by Gasteiger charge is -2.18. The quantitative estimate of drug-likeness (QED) is 0.475. The Morgan fingerprint density at radius 2 is 1.93 bits per heavy atom. The summed E-state index contributed by atoms with van der Waals surface area (Å²) in [6.45, 7) is 0.896. The van der Waals surface area contributed by atoms with E-state index in [9.17, 15) is 4.79 Å². The first-order chi connectivity index (χ1) is 13.7. The molecule has 2 aromatic carbocycles.